The summed E-state index contributed by atoms with van der Waals surface area (Å²) in [5.74, 6) is 0. The highest BCUT2D eigenvalue weighted by Crippen LogP contribution is 2.28. The van der Waals surface area contributed by atoms with Gasteiger partial charge in [-0.1, -0.05) is 29.8 Å². The molecule has 3 aromatic rings. The first-order chi connectivity index (χ1) is 9.29. The molecule has 0 atom stereocenters. The van der Waals surface area contributed by atoms with E-state index in [9.17, 15) is 5.26 Å². The van der Waals surface area contributed by atoms with Crippen molar-refractivity contribution in [2.45, 2.75) is 0 Å². The van der Waals surface area contributed by atoms with Crippen molar-refractivity contribution in [1.29, 1.82) is 5.26 Å². The van der Waals surface area contributed by atoms with Gasteiger partial charge in [-0.05, 0) is 12.1 Å². The van der Waals surface area contributed by atoms with E-state index in [1.165, 1.54) is 12.4 Å². The first-order valence-electron chi connectivity index (χ1n) is 5.56. The zero-order valence-corrected chi connectivity index (χ0v) is 10.5. The number of nitrogens with zero attached hydrogens (tertiary/aromatic N) is 4. The van der Waals surface area contributed by atoms with Gasteiger partial charge in [-0.25, -0.2) is 9.97 Å². The maximum absolute atomic E-state index is 9.23. The molecule has 4 nitrogen and oxygen atoms in total. The summed E-state index contributed by atoms with van der Waals surface area (Å²) in [6, 6.07) is 11.5. The van der Waals surface area contributed by atoms with Gasteiger partial charge in [-0.15, -0.1) is 0 Å². The Bertz CT molecular complexity index is 808. The Morgan fingerprint density at radius 3 is 2.68 bits per heavy atom. The molecule has 0 aliphatic carbocycles. The number of pyridine rings is 1. The maximum atomic E-state index is 9.23. The van der Waals surface area contributed by atoms with Crippen LogP contribution in [0.1, 0.15) is 5.69 Å². The molecule has 0 spiro atoms. The van der Waals surface area contributed by atoms with Gasteiger partial charge >= 0.3 is 0 Å². The number of halogens is 1. The first kappa shape index (κ1) is 11.6. The molecule has 0 amide bonds. The number of nitriles is 1. The van der Waals surface area contributed by atoms with Crippen LogP contribution in [0.25, 0.3) is 22.2 Å². The molecular weight excluding hydrogens is 260 g/mol. The highest BCUT2D eigenvalue weighted by Gasteiger charge is 2.13. The van der Waals surface area contributed by atoms with Gasteiger partial charge in [-0.2, -0.15) is 5.26 Å². The minimum Gasteiger partial charge on any atom is -0.251 e. The minimum atomic E-state index is 0.260. The summed E-state index contributed by atoms with van der Waals surface area (Å²) >= 11 is 6.03. The van der Waals surface area contributed by atoms with E-state index in [1.54, 1.807) is 0 Å². The van der Waals surface area contributed by atoms with E-state index in [1.807, 2.05) is 30.3 Å². The molecular formula is C14H7ClN4. The van der Waals surface area contributed by atoms with Crippen molar-refractivity contribution in [3.05, 3.63) is 53.6 Å². The molecule has 0 saturated heterocycles. The predicted octanol–water partition coefficient (Wildman–Crippen LogP) is 3.22. The Kier molecular flexibility index (Phi) is 2.82. The Balaban J connectivity index is 2.35. The van der Waals surface area contributed by atoms with E-state index in [4.69, 9.17) is 11.6 Å². The van der Waals surface area contributed by atoms with E-state index >= 15 is 0 Å². The summed E-state index contributed by atoms with van der Waals surface area (Å²) in [5, 5.41) is 10.4. The molecule has 19 heavy (non-hydrogen) atoms. The van der Waals surface area contributed by atoms with Crippen LogP contribution in [0.3, 0.4) is 0 Å². The third-order valence-electron chi connectivity index (χ3n) is 2.74. The van der Waals surface area contributed by atoms with Crippen LogP contribution in [0, 0.1) is 11.3 Å². The molecule has 90 valence electrons. The number of rotatable bonds is 1. The molecule has 2 aromatic heterocycles. The number of para-hydroxylation sites is 1. The summed E-state index contributed by atoms with van der Waals surface area (Å²) in [5.41, 5.74) is 2.13. The SMILES string of the molecule is N#Cc1nc2ccccc2cc1-c1nccnc1Cl. The van der Waals surface area contributed by atoms with E-state index in [2.05, 4.69) is 21.0 Å². The van der Waals surface area contributed by atoms with Crippen molar-refractivity contribution >= 4 is 22.5 Å². The lowest BCUT2D eigenvalue weighted by Gasteiger charge is -2.06. The number of aromatic nitrogens is 3. The average Bonchev–Trinajstić information content (AvgIpc) is 2.46. The Labute approximate surface area is 114 Å². The second kappa shape index (κ2) is 4.63. The number of hydrogen-bond donors (Lipinski definition) is 0. The molecule has 0 unspecified atom stereocenters. The molecule has 0 N–H and O–H groups in total. The first-order valence-corrected chi connectivity index (χ1v) is 5.94. The number of hydrogen-bond acceptors (Lipinski definition) is 4. The van der Waals surface area contributed by atoms with E-state index < -0.39 is 0 Å². The monoisotopic (exact) mass is 266 g/mol. The molecule has 3 rings (SSSR count). The van der Waals surface area contributed by atoms with Crippen LogP contribution in [-0.2, 0) is 0 Å². The van der Waals surface area contributed by atoms with E-state index in [0.717, 1.165) is 10.9 Å². The molecule has 0 aliphatic heterocycles. The average molecular weight is 267 g/mol. The fourth-order valence-electron chi connectivity index (χ4n) is 1.88. The van der Waals surface area contributed by atoms with Crippen LogP contribution in [0.15, 0.2) is 42.7 Å². The van der Waals surface area contributed by atoms with E-state index in [0.29, 0.717) is 17.0 Å². The fraction of sp³-hybridized carbons (Fsp3) is 0. The van der Waals surface area contributed by atoms with Gasteiger partial charge in [0.1, 0.15) is 11.8 Å². The molecule has 0 bridgehead atoms. The molecule has 2 heterocycles. The maximum Gasteiger partial charge on any atom is 0.155 e. The van der Waals surface area contributed by atoms with Crippen molar-refractivity contribution in [3.8, 4) is 17.3 Å². The molecule has 0 fully saturated rings. The summed E-state index contributed by atoms with van der Waals surface area (Å²) in [6.07, 6.45) is 3.05. The summed E-state index contributed by atoms with van der Waals surface area (Å²) in [6.45, 7) is 0. The largest absolute Gasteiger partial charge is 0.251 e. The van der Waals surface area contributed by atoms with Gasteiger partial charge < -0.3 is 0 Å². The lowest BCUT2D eigenvalue weighted by molar-refractivity contribution is 1.19. The lowest BCUT2D eigenvalue weighted by Crippen LogP contribution is -1.94. The van der Waals surface area contributed by atoms with Crippen LogP contribution in [-0.4, -0.2) is 15.0 Å². The van der Waals surface area contributed by atoms with Crippen molar-refractivity contribution in [2.24, 2.45) is 0 Å². The van der Waals surface area contributed by atoms with Crippen LogP contribution in [0.5, 0.6) is 0 Å². The van der Waals surface area contributed by atoms with Crippen LogP contribution in [0.2, 0.25) is 5.15 Å². The predicted molar refractivity (Wildman–Crippen MR) is 72.5 cm³/mol. The molecule has 5 heteroatoms. The smallest absolute Gasteiger partial charge is 0.155 e. The Hall–Kier alpha value is -2.51. The minimum absolute atomic E-state index is 0.260. The Morgan fingerprint density at radius 2 is 1.89 bits per heavy atom. The Morgan fingerprint density at radius 1 is 1.11 bits per heavy atom. The second-order valence-electron chi connectivity index (χ2n) is 3.88. The van der Waals surface area contributed by atoms with Gasteiger partial charge in [0.05, 0.1) is 5.52 Å². The molecule has 1 aromatic carbocycles. The summed E-state index contributed by atoms with van der Waals surface area (Å²) in [4.78, 5) is 12.5. The zero-order chi connectivity index (χ0) is 13.2. The third-order valence-corrected chi connectivity index (χ3v) is 3.02. The van der Waals surface area contributed by atoms with Crippen molar-refractivity contribution in [1.82, 2.24) is 15.0 Å². The molecule has 0 aliphatic rings. The molecule has 0 radical (unpaired) electrons. The van der Waals surface area contributed by atoms with Gasteiger partial charge in [0.2, 0.25) is 0 Å². The standard InChI is InChI=1S/C14H7ClN4/c15-14-13(17-5-6-18-14)10-7-9-3-1-2-4-11(9)19-12(10)8-16/h1-7H. The van der Waals surface area contributed by atoms with Gasteiger partial charge in [0, 0.05) is 23.3 Å². The van der Waals surface area contributed by atoms with E-state index in [-0.39, 0.29) is 5.15 Å². The van der Waals surface area contributed by atoms with Crippen molar-refractivity contribution in [2.75, 3.05) is 0 Å². The topological polar surface area (TPSA) is 62.5 Å². The van der Waals surface area contributed by atoms with Gasteiger partial charge in [0.15, 0.2) is 10.8 Å². The highest BCUT2D eigenvalue weighted by molar-refractivity contribution is 6.31. The summed E-state index contributed by atoms with van der Waals surface area (Å²) in [7, 11) is 0. The van der Waals surface area contributed by atoms with Gasteiger partial charge in [-0.3, -0.25) is 4.98 Å². The van der Waals surface area contributed by atoms with Crippen molar-refractivity contribution in [3.63, 3.8) is 0 Å². The third kappa shape index (κ3) is 2.01. The molecule has 0 saturated carbocycles. The fourth-order valence-corrected chi connectivity index (χ4v) is 2.09. The van der Waals surface area contributed by atoms with Crippen LogP contribution in [0.4, 0.5) is 0 Å². The van der Waals surface area contributed by atoms with Crippen LogP contribution < -0.4 is 0 Å². The lowest BCUT2D eigenvalue weighted by atomic mass is 10.1. The quantitative estimate of drug-likeness (QED) is 0.678. The van der Waals surface area contributed by atoms with Crippen LogP contribution >= 0.6 is 11.6 Å². The summed E-state index contributed by atoms with van der Waals surface area (Å²) < 4.78 is 0. The highest BCUT2D eigenvalue weighted by atomic mass is 35.5. The number of fused-ring (bicyclic) bond motifs is 1. The normalized spacial score (nSPS) is 10.3. The second-order valence-corrected chi connectivity index (χ2v) is 4.24. The van der Waals surface area contributed by atoms with Gasteiger partial charge in [0.25, 0.3) is 0 Å². The zero-order valence-electron chi connectivity index (χ0n) is 9.71. The number of benzene rings is 1. The van der Waals surface area contributed by atoms with Crippen molar-refractivity contribution < 1.29 is 0 Å².